The third-order valence-electron chi connectivity index (χ3n) is 2.82. The Kier molecular flexibility index (Phi) is 12.3. The predicted molar refractivity (Wildman–Crippen MR) is 131 cm³/mol. The van der Waals surface area contributed by atoms with Crippen LogP contribution in [0.5, 0.6) is 0 Å². The minimum Gasteiger partial charge on any atom is -0.311 e. The molecule has 2 N–H and O–H groups in total. The molecule has 0 saturated carbocycles. The molecule has 0 heterocycles. The molecule has 0 radical (unpaired) electrons. The highest BCUT2D eigenvalue weighted by atomic mass is 32.2. The Morgan fingerprint density at radius 2 is 1.76 bits per heavy atom. The molecule has 1 rings (SSSR count). The zero-order valence-electron chi connectivity index (χ0n) is 15.1. The van der Waals surface area contributed by atoms with Crippen molar-refractivity contribution in [1.29, 1.82) is 0 Å². The first-order valence-corrected chi connectivity index (χ1v) is 12.5. The molecule has 0 atom stereocenters. The van der Waals surface area contributed by atoms with E-state index in [1.807, 2.05) is 7.05 Å². The molecule has 0 aromatic heterocycles. The summed E-state index contributed by atoms with van der Waals surface area (Å²) in [6.45, 7) is 7.50. The number of hydrogen-bond donors (Lipinski definition) is 2. The van der Waals surface area contributed by atoms with Gasteiger partial charge in [-0.1, -0.05) is 66.2 Å². The Hall–Kier alpha value is 0.720. The molecule has 0 bridgehead atoms. The van der Waals surface area contributed by atoms with Gasteiger partial charge >= 0.3 is 0 Å². The van der Waals surface area contributed by atoms with Gasteiger partial charge in [0.1, 0.15) is 7.06 Å². The summed E-state index contributed by atoms with van der Waals surface area (Å²) >= 11 is 17.8. The van der Waals surface area contributed by atoms with E-state index in [0.717, 1.165) is 31.0 Å². The van der Waals surface area contributed by atoms with Gasteiger partial charge in [0.2, 0.25) is 0 Å². The first-order valence-electron chi connectivity index (χ1n) is 7.93. The normalized spacial score (nSPS) is 11.5. The summed E-state index contributed by atoms with van der Waals surface area (Å²) in [5.74, 6) is 2.73. The van der Waals surface area contributed by atoms with Crippen LogP contribution in [0.15, 0.2) is 29.2 Å². The van der Waals surface area contributed by atoms with Crippen LogP contribution in [0.4, 0.5) is 0 Å². The number of thioether (sulfide) groups is 4. The van der Waals surface area contributed by atoms with Gasteiger partial charge in [0.15, 0.2) is 0 Å². The van der Waals surface area contributed by atoms with Crippen LogP contribution in [0.1, 0.15) is 26.3 Å². The Morgan fingerprint density at radius 3 is 2.44 bits per heavy atom. The van der Waals surface area contributed by atoms with Gasteiger partial charge in [0.25, 0.3) is 0 Å². The fraction of sp³-hybridized carbons (Fsp3) is 0.529. The maximum Gasteiger partial charge on any atom is 0.109 e. The number of nitrogens with one attached hydrogen (secondary N) is 2. The molecule has 8 heteroatoms. The summed E-state index contributed by atoms with van der Waals surface area (Å²) in [4.78, 5) is 1.23. The third kappa shape index (κ3) is 11.9. The molecule has 140 valence electrons. The minimum absolute atomic E-state index is 0.156. The van der Waals surface area contributed by atoms with Crippen LogP contribution in [0, 0.1) is 0 Å². The molecular formula is C17H26N2S6. The lowest BCUT2D eigenvalue weighted by Gasteiger charge is -2.20. The van der Waals surface area contributed by atoms with Crippen molar-refractivity contribution in [3.05, 3.63) is 29.8 Å². The van der Waals surface area contributed by atoms with Gasteiger partial charge in [0.05, 0.1) is 0 Å². The van der Waals surface area contributed by atoms with Crippen LogP contribution in [0.25, 0.3) is 0 Å². The molecule has 1 aromatic carbocycles. The lowest BCUT2D eigenvalue weighted by atomic mass is 10.1. The first kappa shape index (κ1) is 23.8. The van der Waals surface area contributed by atoms with Crippen LogP contribution in [0.3, 0.4) is 0 Å². The Bertz CT molecular complexity index is 556. The highest BCUT2D eigenvalue weighted by Gasteiger charge is 2.10. The average Bonchev–Trinajstić information content (AvgIpc) is 2.55. The molecule has 0 aliphatic rings. The lowest BCUT2D eigenvalue weighted by molar-refractivity contribution is 0.441. The predicted octanol–water partition coefficient (Wildman–Crippen LogP) is 5.61. The van der Waals surface area contributed by atoms with Gasteiger partial charge in [-0.3, -0.25) is 0 Å². The van der Waals surface area contributed by atoms with E-state index in [0.29, 0.717) is 0 Å². The summed E-state index contributed by atoms with van der Waals surface area (Å²) < 4.78 is 1.94. The maximum absolute atomic E-state index is 5.55. The molecule has 0 saturated heterocycles. The average molecular weight is 451 g/mol. The van der Waals surface area contributed by atoms with Gasteiger partial charge in [-0.25, -0.2) is 0 Å². The Morgan fingerprint density at radius 1 is 1.04 bits per heavy atom. The van der Waals surface area contributed by atoms with E-state index in [1.165, 1.54) is 10.5 Å². The smallest absolute Gasteiger partial charge is 0.109 e. The van der Waals surface area contributed by atoms with Crippen LogP contribution in [0.2, 0.25) is 0 Å². The fourth-order valence-electron chi connectivity index (χ4n) is 1.71. The van der Waals surface area contributed by atoms with E-state index in [-0.39, 0.29) is 5.54 Å². The van der Waals surface area contributed by atoms with Crippen LogP contribution >= 0.6 is 71.5 Å². The van der Waals surface area contributed by atoms with E-state index in [4.69, 9.17) is 24.4 Å². The highest BCUT2D eigenvalue weighted by molar-refractivity contribution is 8.47. The quantitative estimate of drug-likeness (QED) is 0.228. The van der Waals surface area contributed by atoms with Crippen molar-refractivity contribution in [1.82, 2.24) is 10.6 Å². The second-order valence-corrected chi connectivity index (χ2v) is 12.7. The van der Waals surface area contributed by atoms with E-state index < -0.39 is 0 Å². The van der Waals surface area contributed by atoms with Crippen molar-refractivity contribution in [2.45, 2.75) is 37.0 Å². The standard InChI is InChI=1S/C17H26N2S6/c1-17(2,3)19-9-10-22-16(21)25-14-8-6-5-7-13(14)11-23-15(20)24-12-18-4/h5-8,18-19H,9-12H2,1-4H3. The zero-order chi connectivity index (χ0) is 18.7. The van der Waals surface area contributed by atoms with Gasteiger partial charge in [0, 0.05) is 34.4 Å². The van der Waals surface area contributed by atoms with Gasteiger partial charge < -0.3 is 10.6 Å². The lowest BCUT2D eigenvalue weighted by Crippen LogP contribution is -2.37. The summed E-state index contributed by atoms with van der Waals surface area (Å²) in [7, 11) is 1.93. The molecule has 25 heavy (non-hydrogen) atoms. The van der Waals surface area contributed by atoms with Gasteiger partial charge in [-0.15, -0.1) is 23.5 Å². The van der Waals surface area contributed by atoms with Crippen molar-refractivity contribution >= 4 is 78.5 Å². The molecule has 0 aliphatic heterocycles. The topological polar surface area (TPSA) is 24.1 Å². The second-order valence-electron chi connectivity index (χ2n) is 6.17. The first-order chi connectivity index (χ1) is 11.8. The second kappa shape index (κ2) is 13.0. The zero-order valence-corrected chi connectivity index (χ0v) is 20.0. The Balaban J connectivity index is 2.45. The molecule has 0 fully saturated rings. The minimum atomic E-state index is 0.156. The largest absolute Gasteiger partial charge is 0.311 e. The number of hydrogen-bond acceptors (Lipinski definition) is 8. The highest BCUT2D eigenvalue weighted by Crippen LogP contribution is 2.32. The summed E-state index contributed by atoms with van der Waals surface area (Å²) in [5.41, 5.74) is 1.45. The van der Waals surface area contributed by atoms with Crippen molar-refractivity contribution < 1.29 is 0 Å². The van der Waals surface area contributed by atoms with E-state index in [2.05, 4.69) is 55.7 Å². The van der Waals surface area contributed by atoms with E-state index >= 15 is 0 Å². The van der Waals surface area contributed by atoms with Crippen molar-refractivity contribution in [3.63, 3.8) is 0 Å². The summed E-state index contributed by atoms with van der Waals surface area (Å²) in [6, 6.07) is 8.45. The summed E-state index contributed by atoms with van der Waals surface area (Å²) in [6.07, 6.45) is 0. The third-order valence-corrected chi connectivity index (χ3v) is 8.23. The number of rotatable bonds is 8. The SMILES string of the molecule is CNCSC(=S)SCc1ccccc1SC(=S)SCCNC(C)(C)C. The number of thiocarbonyl (C=S) groups is 2. The van der Waals surface area contributed by atoms with E-state index in [1.54, 1.807) is 47.0 Å². The van der Waals surface area contributed by atoms with Crippen LogP contribution < -0.4 is 10.6 Å². The molecular weight excluding hydrogens is 425 g/mol. The molecule has 1 aromatic rings. The maximum atomic E-state index is 5.55. The fourth-order valence-corrected chi connectivity index (χ4v) is 5.87. The van der Waals surface area contributed by atoms with Crippen molar-refractivity contribution in [3.8, 4) is 0 Å². The number of benzene rings is 1. The van der Waals surface area contributed by atoms with Crippen molar-refractivity contribution in [2.24, 2.45) is 0 Å². The molecule has 0 spiro atoms. The van der Waals surface area contributed by atoms with E-state index in [9.17, 15) is 0 Å². The van der Waals surface area contributed by atoms with Crippen LogP contribution in [-0.2, 0) is 5.75 Å². The molecule has 0 unspecified atom stereocenters. The molecule has 0 amide bonds. The van der Waals surface area contributed by atoms with Crippen LogP contribution in [-0.4, -0.2) is 37.8 Å². The monoisotopic (exact) mass is 450 g/mol. The molecule has 2 nitrogen and oxygen atoms in total. The van der Waals surface area contributed by atoms with Gasteiger partial charge in [-0.05, 0) is 39.4 Å². The van der Waals surface area contributed by atoms with Gasteiger partial charge in [-0.2, -0.15) is 0 Å². The van der Waals surface area contributed by atoms with Crippen molar-refractivity contribution in [2.75, 3.05) is 25.2 Å². The summed E-state index contributed by atoms with van der Waals surface area (Å²) in [5, 5.41) is 6.59. The Labute approximate surface area is 180 Å². The molecule has 0 aliphatic carbocycles.